The van der Waals surface area contributed by atoms with Crippen molar-refractivity contribution in [1.82, 2.24) is 14.8 Å². The largest absolute Gasteiger partial charge is 0.294 e. The highest BCUT2D eigenvalue weighted by Crippen LogP contribution is 2.36. The lowest BCUT2D eigenvalue weighted by molar-refractivity contribution is 0.0963. The Labute approximate surface area is 155 Å². The van der Waals surface area contributed by atoms with Crippen molar-refractivity contribution in [2.75, 3.05) is 0 Å². The van der Waals surface area contributed by atoms with E-state index in [4.69, 9.17) is 4.98 Å². The molecule has 0 saturated carbocycles. The molecule has 0 fully saturated rings. The van der Waals surface area contributed by atoms with Crippen molar-refractivity contribution in [1.29, 1.82) is 0 Å². The number of ketones is 1. The highest BCUT2D eigenvalue weighted by Gasteiger charge is 2.31. The summed E-state index contributed by atoms with van der Waals surface area (Å²) in [6.07, 6.45) is 3.06. The molecule has 4 nitrogen and oxygen atoms in total. The zero-order valence-electron chi connectivity index (χ0n) is 14.3. The van der Waals surface area contributed by atoms with E-state index in [1.54, 1.807) is 17.5 Å². The predicted octanol–water partition coefficient (Wildman–Crippen LogP) is 4.70. The third-order valence-corrected chi connectivity index (χ3v) is 6.14. The second kappa shape index (κ2) is 5.88. The Morgan fingerprint density at radius 3 is 2.73 bits per heavy atom. The number of carbonyl (C=O) groups excluding carboxylic acids is 1. The van der Waals surface area contributed by atoms with E-state index in [9.17, 15) is 4.79 Å². The average molecular weight is 359 g/mol. The molecule has 1 unspecified atom stereocenters. The van der Waals surface area contributed by atoms with Crippen LogP contribution in [0.1, 0.15) is 39.5 Å². The van der Waals surface area contributed by atoms with Crippen LogP contribution in [0.4, 0.5) is 0 Å². The molecule has 0 spiro atoms. The van der Waals surface area contributed by atoms with Gasteiger partial charge in [0.15, 0.2) is 5.78 Å². The van der Waals surface area contributed by atoms with Gasteiger partial charge in [-0.05, 0) is 42.5 Å². The summed E-state index contributed by atoms with van der Waals surface area (Å²) in [6.45, 7) is 2.11. The molecular weight excluding hydrogens is 342 g/mol. The molecule has 0 radical (unpaired) electrons. The fourth-order valence-corrected chi connectivity index (χ4v) is 4.77. The van der Waals surface area contributed by atoms with Crippen molar-refractivity contribution in [3.63, 3.8) is 0 Å². The third kappa shape index (κ3) is 2.39. The van der Waals surface area contributed by atoms with Crippen LogP contribution in [0.2, 0.25) is 0 Å². The van der Waals surface area contributed by atoms with Gasteiger partial charge in [-0.25, -0.2) is 9.67 Å². The first-order chi connectivity index (χ1) is 12.7. The number of aromatic nitrogens is 3. The lowest BCUT2D eigenvalue weighted by Crippen LogP contribution is -2.20. The van der Waals surface area contributed by atoms with Crippen molar-refractivity contribution in [3.05, 3.63) is 77.1 Å². The topological polar surface area (TPSA) is 47.8 Å². The summed E-state index contributed by atoms with van der Waals surface area (Å²) in [5.41, 5.74) is 5.18. The van der Waals surface area contributed by atoms with Crippen LogP contribution >= 0.6 is 11.3 Å². The third-order valence-electron chi connectivity index (χ3n) is 5.13. The molecule has 0 N–H and O–H groups in total. The summed E-state index contributed by atoms with van der Waals surface area (Å²) < 4.78 is 2.99. The lowest BCUT2D eigenvalue weighted by Gasteiger charge is -2.23. The minimum atomic E-state index is 0.173. The van der Waals surface area contributed by atoms with Crippen molar-refractivity contribution in [3.8, 4) is 5.13 Å². The number of para-hydroxylation sites is 1. The first kappa shape index (κ1) is 15.5. The standard InChI is InChI=1S/C21H17N3OS/c1-13-6-2-3-7-15(13)14-10-18-16(19(25)11-14)12-22-24(18)21-23-17-8-4-5-9-20(17)26-21/h2-9,12,14H,10-11H2,1H3. The van der Waals surface area contributed by atoms with Crippen LogP contribution in [0.25, 0.3) is 15.3 Å². The molecule has 0 amide bonds. The van der Waals surface area contributed by atoms with Gasteiger partial charge in [-0.2, -0.15) is 5.10 Å². The maximum Gasteiger partial charge on any atom is 0.211 e. The lowest BCUT2D eigenvalue weighted by atomic mass is 9.81. The predicted molar refractivity (Wildman–Crippen MR) is 103 cm³/mol. The molecule has 1 aliphatic rings. The Bertz CT molecular complexity index is 1110. The van der Waals surface area contributed by atoms with E-state index < -0.39 is 0 Å². The van der Waals surface area contributed by atoms with Gasteiger partial charge in [-0.15, -0.1) is 0 Å². The molecule has 0 saturated heterocycles. The molecule has 2 aromatic heterocycles. The zero-order chi connectivity index (χ0) is 17.7. The summed E-state index contributed by atoms with van der Waals surface area (Å²) in [5.74, 6) is 0.368. The first-order valence-electron chi connectivity index (χ1n) is 8.72. The Kier molecular flexibility index (Phi) is 3.50. The number of hydrogen-bond donors (Lipinski definition) is 0. The zero-order valence-corrected chi connectivity index (χ0v) is 15.2. The maximum absolute atomic E-state index is 12.7. The minimum absolute atomic E-state index is 0.173. The fourth-order valence-electron chi connectivity index (χ4n) is 3.82. The van der Waals surface area contributed by atoms with Crippen LogP contribution in [-0.2, 0) is 6.42 Å². The van der Waals surface area contributed by atoms with Crippen LogP contribution in [0.5, 0.6) is 0 Å². The molecule has 0 bridgehead atoms. The molecule has 1 atom stereocenters. The van der Waals surface area contributed by atoms with Gasteiger partial charge in [0.1, 0.15) is 0 Å². The molecule has 2 heterocycles. The van der Waals surface area contributed by atoms with Gasteiger partial charge in [-0.3, -0.25) is 4.79 Å². The number of fused-ring (bicyclic) bond motifs is 2. The Morgan fingerprint density at radius 1 is 1.08 bits per heavy atom. The SMILES string of the molecule is Cc1ccccc1C1CC(=O)c2cnn(-c3nc4ccccc4s3)c2C1. The highest BCUT2D eigenvalue weighted by atomic mass is 32.1. The quantitative estimate of drug-likeness (QED) is 0.521. The number of carbonyl (C=O) groups is 1. The van der Waals surface area contributed by atoms with Crippen molar-refractivity contribution >= 4 is 27.3 Å². The molecule has 5 rings (SSSR count). The summed E-state index contributed by atoms with van der Waals surface area (Å²) in [7, 11) is 0. The van der Waals surface area contributed by atoms with Gasteiger partial charge in [0.2, 0.25) is 5.13 Å². The highest BCUT2D eigenvalue weighted by molar-refractivity contribution is 7.20. The van der Waals surface area contributed by atoms with Gasteiger partial charge in [0, 0.05) is 6.42 Å². The second-order valence-corrected chi connectivity index (χ2v) is 7.77. The molecule has 0 aliphatic heterocycles. The molecule has 128 valence electrons. The average Bonchev–Trinajstić information content (AvgIpc) is 3.25. The van der Waals surface area contributed by atoms with Gasteiger partial charge >= 0.3 is 0 Å². The number of aryl methyl sites for hydroxylation is 1. The number of nitrogens with zero attached hydrogens (tertiary/aromatic N) is 3. The van der Waals surface area contributed by atoms with Gasteiger partial charge < -0.3 is 0 Å². The van der Waals surface area contributed by atoms with Crippen molar-refractivity contribution in [2.24, 2.45) is 0 Å². The molecule has 4 aromatic rings. The van der Waals surface area contributed by atoms with Gasteiger partial charge in [-0.1, -0.05) is 47.7 Å². The summed E-state index contributed by atoms with van der Waals surface area (Å²) in [4.78, 5) is 17.4. The number of hydrogen-bond acceptors (Lipinski definition) is 4. The van der Waals surface area contributed by atoms with E-state index in [1.165, 1.54) is 11.1 Å². The summed E-state index contributed by atoms with van der Waals surface area (Å²) in [5, 5.41) is 5.33. The molecule has 1 aliphatic carbocycles. The fraction of sp³-hybridized carbons (Fsp3) is 0.190. The summed E-state index contributed by atoms with van der Waals surface area (Å²) >= 11 is 1.61. The van der Waals surface area contributed by atoms with E-state index in [0.717, 1.165) is 33.0 Å². The van der Waals surface area contributed by atoms with E-state index in [2.05, 4.69) is 30.2 Å². The van der Waals surface area contributed by atoms with E-state index in [-0.39, 0.29) is 11.7 Å². The molecule has 5 heteroatoms. The normalized spacial score (nSPS) is 16.8. The molecule has 2 aromatic carbocycles. The van der Waals surface area contributed by atoms with Crippen LogP contribution in [0.3, 0.4) is 0 Å². The van der Waals surface area contributed by atoms with E-state index in [0.29, 0.717) is 6.42 Å². The van der Waals surface area contributed by atoms with E-state index in [1.807, 2.05) is 35.0 Å². The maximum atomic E-state index is 12.7. The van der Waals surface area contributed by atoms with Crippen molar-refractivity contribution in [2.45, 2.75) is 25.7 Å². The smallest absolute Gasteiger partial charge is 0.211 e. The number of rotatable bonds is 2. The number of Topliss-reactive ketones (excluding diaryl/α,β-unsaturated/α-hetero) is 1. The molecule has 26 heavy (non-hydrogen) atoms. The van der Waals surface area contributed by atoms with Crippen LogP contribution in [0.15, 0.2) is 54.7 Å². The minimum Gasteiger partial charge on any atom is -0.294 e. The van der Waals surface area contributed by atoms with Crippen LogP contribution in [0, 0.1) is 6.92 Å². The van der Waals surface area contributed by atoms with Crippen LogP contribution in [-0.4, -0.2) is 20.5 Å². The molecular formula is C21H17N3OS. The Hall–Kier alpha value is -2.79. The Balaban J connectivity index is 1.60. The van der Waals surface area contributed by atoms with Gasteiger partial charge in [0.05, 0.1) is 27.7 Å². The monoisotopic (exact) mass is 359 g/mol. The van der Waals surface area contributed by atoms with Crippen LogP contribution < -0.4 is 0 Å². The van der Waals surface area contributed by atoms with Gasteiger partial charge in [0.25, 0.3) is 0 Å². The summed E-state index contributed by atoms with van der Waals surface area (Å²) in [6, 6.07) is 16.4. The first-order valence-corrected chi connectivity index (χ1v) is 9.54. The van der Waals surface area contributed by atoms with Crippen molar-refractivity contribution < 1.29 is 4.79 Å². The Morgan fingerprint density at radius 2 is 1.88 bits per heavy atom. The number of benzene rings is 2. The van der Waals surface area contributed by atoms with E-state index >= 15 is 0 Å². The second-order valence-electron chi connectivity index (χ2n) is 6.77. The number of thiazole rings is 1.